The van der Waals surface area contributed by atoms with Crippen molar-refractivity contribution in [3.8, 4) is 29.0 Å². The van der Waals surface area contributed by atoms with Gasteiger partial charge in [-0.3, -0.25) is 0 Å². The maximum atomic E-state index is 11.9. The Morgan fingerprint density at radius 1 is 1.24 bits per heavy atom. The van der Waals surface area contributed by atoms with Gasteiger partial charge in [0.05, 0.1) is 6.61 Å². The van der Waals surface area contributed by atoms with Crippen LogP contribution in [0.4, 0.5) is 0 Å². The summed E-state index contributed by atoms with van der Waals surface area (Å²) in [4.78, 5) is 15.9. The molecule has 0 spiro atoms. The number of pyridine rings is 1. The summed E-state index contributed by atoms with van der Waals surface area (Å²) in [6.45, 7) is 1.97. The Balaban J connectivity index is 1.83. The first-order chi connectivity index (χ1) is 12.2. The molecule has 0 bridgehead atoms. The number of aromatic nitrogens is 4. The first kappa shape index (κ1) is 16.1. The first-order valence-corrected chi connectivity index (χ1v) is 7.44. The number of nitrogens with one attached hydrogen (secondary N) is 1. The van der Waals surface area contributed by atoms with Crippen LogP contribution in [-0.4, -0.2) is 33.0 Å². The van der Waals surface area contributed by atoms with Gasteiger partial charge in [-0.2, -0.15) is 15.6 Å². The minimum Gasteiger partial charge on any atom is -0.461 e. The Labute approximate surface area is 143 Å². The normalized spacial score (nSPS) is 10.1. The van der Waals surface area contributed by atoms with Crippen LogP contribution in [0.25, 0.3) is 11.3 Å². The van der Waals surface area contributed by atoms with Crippen molar-refractivity contribution in [3.63, 3.8) is 0 Å². The quantitative estimate of drug-likeness (QED) is 0.713. The number of nitriles is 1. The van der Waals surface area contributed by atoms with Gasteiger partial charge in [0.2, 0.25) is 5.88 Å². The van der Waals surface area contributed by atoms with Gasteiger partial charge in [0.25, 0.3) is 0 Å². The predicted octanol–water partition coefficient (Wildman–Crippen LogP) is 2.71. The van der Waals surface area contributed by atoms with Gasteiger partial charge >= 0.3 is 5.97 Å². The van der Waals surface area contributed by atoms with Gasteiger partial charge in [-0.05, 0) is 43.3 Å². The molecule has 0 aliphatic carbocycles. The van der Waals surface area contributed by atoms with Crippen molar-refractivity contribution in [2.24, 2.45) is 0 Å². The van der Waals surface area contributed by atoms with E-state index in [0.717, 1.165) is 0 Å². The number of aromatic amines is 1. The minimum atomic E-state index is -0.543. The van der Waals surface area contributed by atoms with E-state index in [1.54, 1.807) is 49.5 Å². The number of H-pyrrole nitrogens is 1. The molecule has 0 aliphatic heterocycles. The van der Waals surface area contributed by atoms with E-state index in [1.165, 1.54) is 0 Å². The molecular formula is C17H13N5O3. The van der Waals surface area contributed by atoms with Crippen LogP contribution in [0, 0.1) is 11.3 Å². The maximum absolute atomic E-state index is 11.9. The maximum Gasteiger partial charge on any atom is 0.361 e. The van der Waals surface area contributed by atoms with E-state index in [9.17, 15) is 4.79 Å². The monoisotopic (exact) mass is 335 g/mol. The van der Waals surface area contributed by atoms with Gasteiger partial charge in [-0.1, -0.05) is 0 Å². The summed E-state index contributed by atoms with van der Waals surface area (Å²) in [5.41, 5.74) is 1.52. The summed E-state index contributed by atoms with van der Waals surface area (Å²) < 4.78 is 10.6. The van der Waals surface area contributed by atoms with E-state index >= 15 is 0 Å². The number of hydrogen-bond donors (Lipinski definition) is 1. The number of nitrogens with zero attached hydrogens (tertiary/aromatic N) is 4. The largest absolute Gasteiger partial charge is 0.461 e. The fourth-order valence-corrected chi connectivity index (χ4v) is 2.12. The van der Waals surface area contributed by atoms with E-state index in [2.05, 4.69) is 20.4 Å². The molecule has 3 rings (SSSR count). The van der Waals surface area contributed by atoms with Crippen molar-refractivity contribution >= 4 is 5.97 Å². The van der Waals surface area contributed by atoms with Gasteiger partial charge in [-0.15, -0.1) is 5.10 Å². The lowest BCUT2D eigenvalue weighted by Gasteiger charge is -2.06. The zero-order chi connectivity index (χ0) is 17.6. The van der Waals surface area contributed by atoms with Crippen LogP contribution in [-0.2, 0) is 4.74 Å². The van der Waals surface area contributed by atoms with Crippen molar-refractivity contribution in [3.05, 3.63) is 53.9 Å². The zero-order valence-corrected chi connectivity index (χ0v) is 13.3. The van der Waals surface area contributed by atoms with Crippen molar-refractivity contribution in [2.45, 2.75) is 6.92 Å². The fourth-order valence-electron chi connectivity index (χ4n) is 2.12. The summed E-state index contributed by atoms with van der Waals surface area (Å²) in [6.07, 6.45) is 1.55. The smallest absolute Gasteiger partial charge is 0.361 e. The second kappa shape index (κ2) is 7.23. The molecule has 124 valence electrons. The van der Waals surface area contributed by atoms with Crippen molar-refractivity contribution < 1.29 is 14.3 Å². The van der Waals surface area contributed by atoms with Gasteiger partial charge in [0.15, 0.2) is 5.69 Å². The highest BCUT2D eigenvalue weighted by atomic mass is 16.5. The molecule has 8 heteroatoms. The molecule has 25 heavy (non-hydrogen) atoms. The molecule has 0 atom stereocenters. The third-order valence-corrected chi connectivity index (χ3v) is 3.25. The molecule has 2 aromatic heterocycles. The van der Waals surface area contributed by atoms with Crippen LogP contribution in [0.5, 0.6) is 11.6 Å². The number of hydrogen-bond acceptors (Lipinski definition) is 7. The molecule has 0 radical (unpaired) electrons. The molecule has 1 N–H and O–H groups in total. The number of carbonyl (C=O) groups is 1. The molecule has 0 saturated heterocycles. The summed E-state index contributed by atoms with van der Waals surface area (Å²) >= 11 is 0. The van der Waals surface area contributed by atoms with Crippen molar-refractivity contribution in [2.75, 3.05) is 6.61 Å². The van der Waals surface area contributed by atoms with E-state index in [1.807, 2.05) is 6.07 Å². The highest BCUT2D eigenvalue weighted by Crippen LogP contribution is 2.26. The lowest BCUT2D eigenvalue weighted by Crippen LogP contribution is -2.06. The first-order valence-electron chi connectivity index (χ1n) is 7.44. The minimum absolute atomic E-state index is 0.118. The third kappa shape index (κ3) is 3.45. The van der Waals surface area contributed by atoms with Crippen LogP contribution in [0.15, 0.2) is 42.6 Å². The number of carbonyl (C=O) groups excluding carboxylic acids is 1. The number of esters is 1. The standard InChI is InChI=1S/C17H13N5O3/c1-2-24-17(23)15-14(20-22-21-15)11-5-7-13(8-6-11)25-16-12(10-18)4-3-9-19-16/h3-9H,2H2,1H3,(H,20,21,22). The Morgan fingerprint density at radius 2 is 2.04 bits per heavy atom. The summed E-state index contributed by atoms with van der Waals surface area (Å²) in [5.74, 6) is 0.185. The lowest BCUT2D eigenvalue weighted by molar-refractivity contribution is 0.0520. The fraction of sp³-hybridized carbons (Fsp3) is 0.118. The Bertz CT molecular complexity index is 928. The SMILES string of the molecule is CCOC(=O)c1n[nH]nc1-c1ccc(Oc2ncccc2C#N)cc1. The number of ether oxygens (including phenoxy) is 2. The topological polar surface area (TPSA) is 114 Å². The molecule has 0 amide bonds. The molecule has 0 fully saturated rings. The second-order valence-corrected chi connectivity index (χ2v) is 4.84. The van der Waals surface area contributed by atoms with Gasteiger partial charge in [-0.25, -0.2) is 9.78 Å². The molecule has 2 heterocycles. The van der Waals surface area contributed by atoms with Gasteiger partial charge in [0, 0.05) is 11.8 Å². The molecule has 1 aromatic carbocycles. The molecule has 0 aliphatic rings. The van der Waals surface area contributed by atoms with Crippen LogP contribution >= 0.6 is 0 Å². The Kier molecular flexibility index (Phi) is 4.67. The third-order valence-electron chi connectivity index (χ3n) is 3.25. The summed E-state index contributed by atoms with van der Waals surface area (Å²) in [7, 11) is 0. The average molecular weight is 335 g/mol. The summed E-state index contributed by atoms with van der Waals surface area (Å²) in [6, 6.07) is 12.1. The number of rotatable bonds is 5. The van der Waals surface area contributed by atoms with Gasteiger partial charge < -0.3 is 9.47 Å². The molecule has 3 aromatic rings. The van der Waals surface area contributed by atoms with E-state index in [-0.39, 0.29) is 18.2 Å². The van der Waals surface area contributed by atoms with Crippen LogP contribution in [0.2, 0.25) is 0 Å². The molecular weight excluding hydrogens is 322 g/mol. The van der Waals surface area contributed by atoms with Gasteiger partial charge in [0.1, 0.15) is 23.1 Å². The lowest BCUT2D eigenvalue weighted by atomic mass is 10.1. The Morgan fingerprint density at radius 3 is 2.76 bits per heavy atom. The Hall–Kier alpha value is -3.73. The van der Waals surface area contributed by atoms with Crippen LogP contribution < -0.4 is 4.74 Å². The van der Waals surface area contributed by atoms with Crippen molar-refractivity contribution in [1.29, 1.82) is 5.26 Å². The van der Waals surface area contributed by atoms with Crippen LogP contribution in [0.3, 0.4) is 0 Å². The van der Waals surface area contributed by atoms with E-state index in [4.69, 9.17) is 14.7 Å². The summed E-state index contributed by atoms with van der Waals surface area (Å²) in [5, 5.41) is 19.3. The zero-order valence-electron chi connectivity index (χ0n) is 13.3. The van der Waals surface area contributed by atoms with E-state index < -0.39 is 5.97 Å². The highest BCUT2D eigenvalue weighted by molar-refractivity contribution is 5.93. The molecule has 0 unspecified atom stereocenters. The molecule has 8 nitrogen and oxygen atoms in total. The average Bonchev–Trinajstić information content (AvgIpc) is 3.13. The van der Waals surface area contributed by atoms with Crippen molar-refractivity contribution in [1.82, 2.24) is 20.4 Å². The predicted molar refractivity (Wildman–Crippen MR) is 86.8 cm³/mol. The van der Waals surface area contributed by atoms with Crippen LogP contribution in [0.1, 0.15) is 23.0 Å². The number of benzene rings is 1. The highest BCUT2D eigenvalue weighted by Gasteiger charge is 2.19. The molecule has 0 saturated carbocycles. The second-order valence-electron chi connectivity index (χ2n) is 4.84. The van der Waals surface area contributed by atoms with E-state index in [0.29, 0.717) is 22.6 Å².